The zero-order valence-corrected chi connectivity index (χ0v) is 10.6. The van der Waals surface area contributed by atoms with Crippen LogP contribution in [0.3, 0.4) is 0 Å². The maximum absolute atomic E-state index is 8.69. The van der Waals surface area contributed by atoms with Gasteiger partial charge in [-0.3, -0.25) is 5.01 Å². The number of anilines is 1. The Morgan fingerprint density at radius 2 is 2.19 bits per heavy atom. The van der Waals surface area contributed by atoms with Crippen LogP contribution in [0.4, 0.5) is 5.69 Å². The van der Waals surface area contributed by atoms with Gasteiger partial charge in [0.2, 0.25) is 0 Å². The minimum absolute atomic E-state index is 0.0767. The molecule has 0 spiro atoms. The second-order valence-electron chi connectivity index (χ2n) is 2.97. The highest BCUT2D eigenvalue weighted by molar-refractivity contribution is 7.80. The van der Waals surface area contributed by atoms with Crippen molar-refractivity contribution in [1.82, 2.24) is 5.01 Å². The molecule has 88 valence electrons. The number of hydrazine groups is 1. The Morgan fingerprint density at radius 1 is 1.50 bits per heavy atom. The Labute approximate surface area is 109 Å². The number of aliphatic hydroxyl groups is 1. The molecule has 0 amide bonds. The van der Waals surface area contributed by atoms with E-state index in [-0.39, 0.29) is 18.3 Å². The Bertz CT molecular complexity index is 389. The molecule has 0 bridgehead atoms. The maximum atomic E-state index is 8.69. The third-order valence-electron chi connectivity index (χ3n) is 1.77. The van der Waals surface area contributed by atoms with Crippen LogP contribution in [-0.4, -0.2) is 28.4 Å². The molecule has 0 aliphatic rings. The molecule has 1 aromatic carbocycles. The monoisotopic (exact) mass is 279 g/mol. The van der Waals surface area contributed by atoms with Crippen LogP contribution >= 0.6 is 35.4 Å². The second-order valence-corrected chi connectivity index (χ2v) is 4.20. The van der Waals surface area contributed by atoms with E-state index in [9.17, 15) is 0 Å². The smallest absolute Gasteiger partial charge is 0.187 e. The molecule has 0 aromatic heterocycles. The normalized spacial score (nSPS) is 10.0. The molecule has 16 heavy (non-hydrogen) atoms. The van der Waals surface area contributed by atoms with Crippen LogP contribution in [0.25, 0.3) is 0 Å². The van der Waals surface area contributed by atoms with Crippen molar-refractivity contribution in [3.8, 4) is 0 Å². The van der Waals surface area contributed by atoms with Crippen molar-refractivity contribution in [3.05, 3.63) is 28.2 Å². The number of benzene rings is 1. The molecule has 0 unspecified atom stereocenters. The van der Waals surface area contributed by atoms with E-state index in [1.165, 1.54) is 5.01 Å². The van der Waals surface area contributed by atoms with Crippen molar-refractivity contribution in [1.29, 1.82) is 0 Å². The average molecular weight is 280 g/mol. The van der Waals surface area contributed by atoms with E-state index >= 15 is 0 Å². The highest BCUT2D eigenvalue weighted by atomic mass is 35.5. The summed E-state index contributed by atoms with van der Waals surface area (Å²) in [6, 6.07) is 4.98. The van der Waals surface area contributed by atoms with Gasteiger partial charge in [0.05, 0.1) is 23.9 Å². The number of nitrogens with two attached hydrogens (primary N) is 1. The van der Waals surface area contributed by atoms with Gasteiger partial charge in [-0.2, -0.15) is 0 Å². The van der Waals surface area contributed by atoms with Crippen molar-refractivity contribution >= 4 is 46.2 Å². The van der Waals surface area contributed by atoms with Gasteiger partial charge in [0.15, 0.2) is 5.11 Å². The van der Waals surface area contributed by atoms with Gasteiger partial charge in [-0.1, -0.05) is 23.2 Å². The molecular formula is C9H11Cl2N3OS. The van der Waals surface area contributed by atoms with E-state index in [4.69, 9.17) is 46.4 Å². The molecule has 0 aliphatic carbocycles. The van der Waals surface area contributed by atoms with Crippen LogP contribution in [0.1, 0.15) is 0 Å². The summed E-state index contributed by atoms with van der Waals surface area (Å²) in [6.07, 6.45) is 0. The van der Waals surface area contributed by atoms with E-state index in [0.29, 0.717) is 15.7 Å². The van der Waals surface area contributed by atoms with E-state index in [1.54, 1.807) is 18.2 Å². The standard InChI is InChI=1S/C9H11Cl2N3OS/c10-6-1-2-8(7(11)5-6)13-9(16)14(12)3-4-15/h1-2,5,15H,3-4,12H2,(H,13,16). The van der Waals surface area contributed by atoms with Crippen LogP contribution in [0.5, 0.6) is 0 Å². The Morgan fingerprint density at radius 3 is 2.75 bits per heavy atom. The minimum Gasteiger partial charge on any atom is -0.394 e. The van der Waals surface area contributed by atoms with Gasteiger partial charge in [0.1, 0.15) is 0 Å². The summed E-state index contributed by atoms with van der Waals surface area (Å²) in [7, 11) is 0. The predicted molar refractivity (Wildman–Crippen MR) is 70.7 cm³/mol. The molecule has 0 heterocycles. The van der Waals surface area contributed by atoms with Crippen molar-refractivity contribution in [2.24, 2.45) is 5.84 Å². The fourth-order valence-electron chi connectivity index (χ4n) is 0.987. The number of thiocarbonyl (C=S) groups is 1. The lowest BCUT2D eigenvalue weighted by Gasteiger charge is -2.19. The van der Waals surface area contributed by atoms with Gasteiger partial charge in [-0.15, -0.1) is 0 Å². The van der Waals surface area contributed by atoms with Crippen LogP contribution in [0.2, 0.25) is 10.0 Å². The van der Waals surface area contributed by atoms with Crippen molar-refractivity contribution in [2.45, 2.75) is 0 Å². The van der Waals surface area contributed by atoms with Crippen molar-refractivity contribution in [2.75, 3.05) is 18.5 Å². The third-order valence-corrected chi connectivity index (χ3v) is 2.66. The first-order chi connectivity index (χ1) is 7.54. The zero-order valence-electron chi connectivity index (χ0n) is 8.28. The molecule has 4 N–H and O–H groups in total. The lowest BCUT2D eigenvalue weighted by molar-refractivity contribution is 0.253. The highest BCUT2D eigenvalue weighted by Gasteiger charge is 2.07. The second kappa shape index (κ2) is 6.22. The fraction of sp³-hybridized carbons (Fsp3) is 0.222. The summed E-state index contributed by atoms with van der Waals surface area (Å²) in [5.74, 6) is 5.56. The van der Waals surface area contributed by atoms with Gasteiger partial charge >= 0.3 is 0 Å². The minimum atomic E-state index is -0.0767. The topological polar surface area (TPSA) is 61.5 Å². The summed E-state index contributed by atoms with van der Waals surface area (Å²) in [4.78, 5) is 0. The quantitative estimate of drug-likeness (QED) is 0.448. The van der Waals surface area contributed by atoms with Crippen LogP contribution < -0.4 is 11.2 Å². The highest BCUT2D eigenvalue weighted by Crippen LogP contribution is 2.25. The molecule has 1 rings (SSSR count). The van der Waals surface area contributed by atoms with Gasteiger partial charge < -0.3 is 10.4 Å². The van der Waals surface area contributed by atoms with E-state index < -0.39 is 0 Å². The van der Waals surface area contributed by atoms with Gasteiger partial charge in [0.25, 0.3) is 0 Å². The predicted octanol–water partition coefficient (Wildman–Crippen LogP) is 1.86. The molecular weight excluding hydrogens is 269 g/mol. The molecule has 0 atom stereocenters. The number of hydrogen-bond donors (Lipinski definition) is 3. The van der Waals surface area contributed by atoms with Crippen molar-refractivity contribution in [3.63, 3.8) is 0 Å². The van der Waals surface area contributed by atoms with E-state index in [0.717, 1.165) is 0 Å². The van der Waals surface area contributed by atoms with Crippen LogP contribution in [-0.2, 0) is 0 Å². The lowest BCUT2D eigenvalue weighted by atomic mass is 10.3. The fourth-order valence-corrected chi connectivity index (χ4v) is 1.64. The number of aliphatic hydroxyl groups excluding tert-OH is 1. The third kappa shape index (κ3) is 3.77. The molecule has 0 fully saturated rings. The Kier molecular flexibility index (Phi) is 5.24. The van der Waals surface area contributed by atoms with E-state index in [1.807, 2.05) is 0 Å². The number of rotatable bonds is 3. The van der Waals surface area contributed by atoms with Crippen molar-refractivity contribution < 1.29 is 5.11 Å². The van der Waals surface area contributed by atoms with Crippen LogP contribution in [0.15, 0.2) is 18.2 Å². The zero-order chi connectivity index (χ0) is 12.1. The van der Waals surface area contributed by atoms with Gasteiger partial charge in [-0.05, 0) is 30.4 Å². The molecule has 0 saturated heterocycles. The summed E-state index contributed by atoms with van der Waals surface area (Å²) in [6.45, 7) is 0.170. The molecule has 7 heteroatoms. The molecule has 0 aliphatic heterocycles. The maximum Gasteiger partial charge on any atom is 0.187 e. The summed E-state index contributed by atoms with van der Waals surface area (Å²) >= 11 is 16.7. The van der Waals surface area contributed by atoms with Gasteiger partial charge in [-0.25, -0.2) is 5.84 Å². The molecule has 4 nitrogen and oxygen atoms in total. The first-order valence-corrected chi connectivity index (χ1v) is 5.60. The summed E-state index contributed by atoms with van der Waals surface area (Å²) in [5.41, 5.74) is 0.615. The summed E-state index contributed by atoms with van der Waals surface area (Å²) < 4.78 is 0. The van der Waals surface area contributed by atoms with E-state index in [2.05, 4.69) is 5.32 Å². The largest absolute Gasteiger partial charge is 0.394 e. The first-order valence-electron chi connectivity index (χ1n) is 4.43. The van der Waals surface area contributed by atoms with Gasteiger partial charge in [0, 0.05) is 5.02 Å². The molecule has 1 aromatic rings. The number of hydrogen-bond acceptors (Lipinski definition) is 3. The molecule has 0 saturated carbocycles. The lowest BCUT2D eigenvalue weighted by Crippen LogP contribution is -2.42. The number of nitrogens with zero attached hydrogens (tertiary/aromatic N) is 1. The first kappa shape index (κ1) is 13.5. The SMILES string of the molecule is NN(CCO)C(=S)Nc1ccc(Cl)cc1Cl. The van der Waals surface area contributed by atoms with Crippen LogP contribution in [0, 0.1) is 0 Å². The number of halogens is 2. The summed E-state index contributed by atoms with van der Waals surface area (Å²) in [5, 5.41) is 14.0. The number of nitrogens with one attached hydrogen (secondary N) is 1. The Hall–Kier alpha value is -0.590. The average Bonchev–Trinajstić information content (AvgIpc) is 2.22. The Balaban J connectivity index is 2.69. The molecule has 0 radical (unpaired) electrons.